The lowest BCUT2D eigenvalue weighted by Crippen LogP contribution is -2.40. The zero-order valence-electron chi connectivity index (χ0n) is 15.1. The molecule has 0 radical (unpaired) electrons. The Hall–Kier alpha value is -2.59. The van der Waals surface area contributed by atoms with Crippen molar-refractivity contribution in [3.05, 3.63) is 26.7 Å². The van der Waals surface area contributed by atoms with Gasteiger partial charge in [0.2, 0.25) is 5.82 Å². The maximum atomic E-state index is 13.0. The third-order valence-corrected chi connectivity index (χ3v) is 4.11. The number of nitrogens with one attached hydrogen (secondary N) is 1. The van der Waals surface area contributed by atoms with Gasteiger partial charge in [0.15, 0.2) is 5.65 Å². The molecule has 0 bridgehead atoms. The second kappa shape index (κ2) is 8.40. The normalized spacial score (nSPS) is 11.9. The van der Waals surface area contributed by atoms with E-state index in [0.29, 0.717) is 25.7 Å². The van der Waals surface area contributed by atoms with Gasteiger partial charge in [0.25, 0.3) is 5.56 Å². The van der Waals surface area contributed by atoms with Crippen molar-refractivity contribution in [3.63, 3.8) is 0 Å². The number of esters is 1. The van der Waals surface area contributed by atoms with Crippen LogP contribution in [0.1, 0.15) is 44.9 Å². The first-order chi connectivity index (χ1) is 12.7. The number of carbonyl (C=O) groups excluding carboxylic acids is 1. The van der Waals surface area contributed by atoms with Gasteiger partial charge in [0.1, 0.15) is 5.52 Å². The SMILES string of the molecule is CCCCn1c(=O)n(CCCCC(=O)OC)c(=O)c2[nH]c(C(F)(F)F)nc21. The lowest BCUT2D eigenvalue weighted by Gasteiger charge is -2.10. The third kappa shape index (κ3) is 4.58. The molecular formula is C16H21F3N4O4. The minimum atomic E-state index is -4.76. The number of aromatic nitrogens is 4. The minimum absolute atomic E-state index is 0.0168. The molecule has 0 fully saturated rings. The highest BCUT2D eigenvalue weighted by Gasteiger charge is 2.36. The van der Waals surface area contributed by atoms with Crippen LogP contribution in [0.3, 0.4) is 0 Å². The van der Waals surface area contributed by atoms with Crippen LogP contribution in [0.4, 0.5) is 13.2 Å². The molecule has 0 saturated heterocycles. The van der Waals surface area contributed by atoms with Gasteiger partial charge in [0.05, 0.1) is 7.11 Å². The van der Waals surface area contributed by atoms with Crippen molar-refractivity contribution in [1.29, 1.82) is 0 Å². The molecule has 2 aromatic heterocycles. The van der Waals surface area contributed by atoms with E-state index in [2.05, 4.69) is 9.72 Å². The Kier molecular flexibility index (Phi) is 6.45. The van der Waals surface area contributed by atoms with Gasteiger partial charge in [0, 0.05) is 19.5 Å². The number of methoxy groups -OCH3 is 1. The number of rotatable bonds is 8. The number of imidazole rings is 1. The molecular weight excluding hydrogens is 369 g/mol. The van der Waals surface area contributed by atoms with Crippen LogP contribution in [0.5, 0.6) is 0 Å². The summed E-state index contributed by atoms with van der Waals surface area (Å²) in [6.07, 6.45) is -2.68. The summed E-state index contributed by atoms with van der Waals surface area (Å²) >= 11 is 0. The summed E-state index contributed by atoms with van der Waals surface area (Å²) in [7, 11) is 1.25. The summed E-state index contributed by atoms with van der Waals surface area (Å²) in [5.74, 6) is -1.73. The van der Waals surface area contributed by atoms with E-state index in [1.807, 2.05) is 11.9 Å². The standard InChI is InChI=1S/C16H21F3N4O4/c1-3-4-8-22-12-11(20-14(21-12)16(17,18)19)13(25)23(15(22)26)9-6-5-7-10(24)27-2/h3-9H2,1-2H3,(H,20,21). The molecule has 2 aromatic rings. The predicted molar refractivity (Wildman–Crippen MR) is 90.4 cm³/mol. The van der Waals surface area contributed by atoms with Crippen LogP contribution >= 0.6 is 0 Å². The number of fused-ring (bicyclic) bond motifs is 1. The number of halogens is 3. The minimum Gasteiger partial charge on any atom is -0.469 e. The number of nitrogens with zero attached hydrogens (tertiary/aromatic N) is 3. The van der Waals surface area contributed by atoms with E-state index in [1.54, 1.807) is 0 Å². The largest absolute Gasteiger partial charge is 0.469 e. The fourth-order valence-corrected chi connectivity index (χ4v) is 2.66. The van der Waals surface area contributed by atoms with Crippen LogP contribution in [0.15, 0.2) is 9.59 Å². The second-order valence-electron chi connectivity index (χ2n) is 6.06. The number of H-pyrrole nitrogens is 1. The highest BCUT2D eigenvalue weighted by atomic mass is 19.4. The van der Waals surface area contributed by atoms with Crippen molar-refractivity contribution in [2.45, 2.75) is 58.3 Å². The highest BCUT2D eigenvalue weighted by molar-refractivity contribution is 5.70. The Morgan fingerprint density at radius 2 is 1.81 bits per heavy atom. The lowest BCUT2D eigenvalue weighted by atomic mass is 10.2. The van der Waals surface area contributed by atoms with Gasteiger partial charge in [-0.2, -0.15) is 13.2 Å². The first kappa shape index (κ1) is 20.7. The average molecular weight is 390 g/mol. The Bertz CT molecular complexity index is 927. The van der Waals surface area contributed by atoms with Crippen LogP contribution in [0, 0.1) is 0 Å². The lowest BCUT2D eigenvalue weighted by molar-refractivity contribution is -0.144. The molecule has 0 amide bonds. The van der Waals surface area contributed by atoms with E-state index in [1.165, 1.54) is 7.11 Å². The van der Waals surface area contributed by atoms with Crippen LogP contribution in [0.2, 0.25) is 0 Å². The van der Waals surface area contributed by atoms with Crippen molar-refractivity contribution in [3.8, 4) is 0 Å². The Morgan fingerprint density at radius 3 is 2.41 bits per heavy atom. The van der Waals surface area contributed by atoms with Crippen LogP contribution in [-0.2, 0) is 28.8 Å². The molecule has 0 aromatic carbocycles. The van der Waals surface area contributed by atoms with Gasteiger partial charge in [-0.05, 0) is 19.3 Å². The first-order valence-corrected chi connectivity index (χ1v) is 8.58. The maximum absolute atomic E-state index is 13.0. The highest BCUT2D eigenvalue weighted by Crippen LogP contribution is 2.27. The zero-order valence-corrected chi connectivity index (χ0v) is 15.1. The summed E-state index contributed by atoms with van der Waals surface area (Å²) < 4.78 is 45.4. The van der Waals surface area contributed by atoms with Crippen LogP contribution in [0.25, 0.3) is 11.2 Å². The molecule has 0 aliphatic rings. The molecule has 0 aliphatic heterocycles. The predicted octanol–water partition coefficient (Wildman–Crippen LogP) is 2.05. The summed E-state index contributed by atoms with van der Waals surface area (Å²) in [5, 5.41) is 0. The first-order valence-electron chi connectivity index (χ1n) is 8.58. The number of carbonyl (C=O) groups is 1. The molecule has 11 heteroatoms. The van der Waals surface area contributed by atoms with E-state index in [0.717, 1.165) is 9.13 Å². The van der Waals surface area contributed by atoms with Crippen LogP contribution < -0.4 is 11.2 Å². The summed E-state index contributed by atoms with van der Waals surface area (Å²) in [5.41, 5.74) is -2.22. The van der Waals surface area contributed by atoms with Crippen LogP contribution in [-0.4, -0.2) is 32.2 Å². The fraction of sp³-hybridized carbons (Fsp3) is 0.625. The average Bonchev–Trinajstić information content (AvgIpc) is 3.06. The molecule has 8 nitrogen and oxygen atoms in total. The third-order valence-electron chi connectivity index (χ3n) is 4.11. The molecule has 27 heavy (non-hydrogen) atoms. The van der Waals surface area contributed by atoms with Crippen molar-refractivity contribution < 1.29 is 22.7 Å². The van der Waals surface area contributed by atoms with Crippen molar-refractivity contribution in [2.75, 3.05) is 7.11 Å². The number of alkyl halides is 3. The number of hydrogen-bond acceptors (Lipinski definition) is 5. The second-order valence-corrected chi connectivity index (χ2v) is 6.06. The zero-order chi connectivity index (χ0) is 20.2. The Labute approximate surface area is 152 Å². The van der Waals surface area contributed by atoms with Crippen molar-refractivity contribution >= 4 is 17.1 Å². The van der Waals surface area contributed by atoms with E-state index in [4.69, 9.17) is 0 Å². The fourth-order valence-electron chi connectivity index (χ4n) is 2.66. The number of aromatic amines is 1. The van der Waals surface area contributed by atoms with Crippen molar-refractivity contribution in [1.82, 2.24) is 19.1 Å². The summed E-state index contributed by atoms with van der Waals surface area (Å²) in [4.78, 5) is 41.7. The van der Waals surface area contributed by atoms with E-state index < -0.39 is 29.2 Å². The molecule has 2 rings (SSSR count). The van der Waals surface area contributed by atoms with Gasteiger partial charge in [-0.15, -0.1) is 0 Å². The summed E-state index contributed by atoms with van der Waals surface area (Å²) in [6.45, 7) is 2.00. The molecule has 2 heterocycles. The Morgan fingerprint density at radius 1 is 1.15 bits per heavy atom. The number of aryl methyl sites for hydroxylation is 1. The van der Waals surface area contributed by atoms with Gasteiger partial charge in [-0.1, -0.05) is 13.3 Å². The number of unbranched alkanes of at least 4 members (excludes halogenated alkanes) is 2. The molecule has 1 N–H and O–H groups in total. The van der Waals surface area contributed by atoms with Gasteiger partial charge in [-0.3, -0.25) is 18.7 Å². The van der Waals surface area contributed by atoms with Gasteiger partial charge < -0.3 is 9.72 Å². The quantitative estimate of drug-likeness (QED) is 0.549. The maximum Gasteiger partial charge on any atom is 0.449 e. The molecule has 0 atom stereocenters. The monoisotopic (exact) mass is 390 g/mol. The molecule has 0 saturated carbocycles. The van der Waals surface area contributed by atoms with Gasteiger partial charge in [-0.25, -0.2) is 9.78 Å². The van der Waals surface area contributed by atoms with Gasteiger partial charge >= 0.3 is 17.8 Å². The molecule has 0 spiro atoms. The van der Waals surface area contributed by atoms with E-state index in [9.17, 15) is 27.6 Å². The van der Waals surface area contributed by atoms with Crippen molar-refractivity contribution in [2.24, 2.45) is 0 Å². The summed E-state index contributed by atoms with van der Waals surface area (Å²) in [6, 6.07) is 0. The Balaban J connectivity index is 2.45. The van der Waals surface area contributed by atoms with E-state index in [-0.39, 0.29) is 30.7 Å². The molecule has 0 aliphatic carbocycles. The number of hydrogen-bond donors (Lipinski definition) is 1. The van der Waals surface area contributed by atoms with E-state index >= 15 is 0 Å². The smallest absolute Gasteiger partial charge is 0.449 e. The molecule has 0 unspecified atom stereocenters. The molecule has 150 valence electrons. The topological polar surface area (TPSA) is 99.0 Å². The number of ether oxygens (including phenoxy) is 1.